The highest BCUT2D eigenvalue weighted by atomic mass is 32.2. The highest BCUT2D eigenvalue weighted by molar-refractivity contribution is 8.13. The van der Waals surface area contributed by atoms with E-state index in [9.17, 15) is 4.79 Å². The Morgan fingerprint density at radius 3 is 1.25 bits per heavy atom. The molecule has 0 aliphatic heterocycles. The summed E-state index contributed by atoms with van der Waals surface area (Å²) in [6.45, 7) is 10.5. The van der Waals surface area contributed by atoms with Crippen molar-refractivity contribution in [2.75, 3.05) is 32.6 Å². The van der Waals surface area contributed by atoms with Crippen LogP contribution in [0.2, 0.25) is 6.04 Å². The zero-order chi connectivity index (χ0) is 37.4. The zero-order valence-corrected chi connectivity index (χ0v) is 37.1. The van der Waals surface area contributed by atoms with Crippen LogP contribution in [0.3, 0.4) is 0 Å². The van der Waals surface area contributed by atoms with Gasteiger partial charge in [-0.05, 0) is 40.2 Å². The predicted octanol–water partition coefficient (Wildman–Crippen LogP) is 14.4. The lowest BCUT2D eigenvalue weighted by Gasteiger charge is -2.30. The van der Waals surface area contributed by atoms with Crippen LogP contribution in [0.5, 0.6) is 0 Å². The number of rotatable bonds is 43. The summed E-state index contributed by atoms with van der Waals surface area (Å²) in [6.07, 6.45) is 42.5. The summed E-state index contributed by atoms with van der Waals surface area (Å²) in [5.41, 5.74) is 0. The molecule has 5 nitrogen and oxygen atoms in total. The first kappa shape index (κ1) is 51.1. The predicted molar refractivity (Wildman–Crippen MR) is 229 cm³/mol. The number of hydrogen-bond acceptors (Lipinski definition) is 6. The Morgan fingerprint density at radius 2 is 0.882 bits per heavy atom. The molecule has 7 heteroatoms. The van der Waals surface area contributed by atoms with E-state index in [-0.39, 0.29) is 0 Å². The molecule has 0 radical (unpaired) electrons. The van der Waals surface area contributed by atoms with Gasteiger partial charge >= 0.3 is 8.80 Å². The molecule has 306 valence electrons. The molecule has 1 atom stereocenters. The van der Waals surface area contributed by atoms with E-state index in [0.717, 1.165) is 31.1 Å². The van der Waals surface area contributed by atoms with Crippen LogP contribution in [-0.2, 0) is 18.1 Å². The van der Waals surface area contributed by atoms with E-state index in [0.29, 0.717) is 37.4 Å². The second-order valence-corrected chi connectivity index (χ2v) is 19.1. The number of unbranched alkanes of at least 4 members (excludes halogenated alkanes) is 27. The topological polar surface area (TPSA) is 56.8 Å². The van der Waals surface area contributed by atoms with E-state index in [1.165, 1.54) is 192 Å². The molecule has 0 bridgehead atoms. The molecule has 0 saturated carbocycles. The lowest BCUT2D eigenvalue weighted by molar-refractivity contribution is -0.111. The Labute approximate surface area is 325 Å². The van der Waals surface area contributed by atoms with E-state index in [4.69, 9.17) is 13.3 Å². The summed E-state index contributed by atoms with van der Waals surface area (Å²) in [4.78, 5) is 12.5. The largest absolute Gasteiger partial charge is 0.501 e. The van der Waals surface area contributed by atoms with E-state index in [1.54, 1.807) is 0 Å². The van der Waals surface area contributed by atoms with Crippen LogP contribution in [0, 0.1) is 0 Å². The number of thioether (sulfide) groups is 1. The van der Waals surface area contributed by atoms with Gasteiger partial charge in [0.1, 0.15) is 0 Å². The van der Waals surface area contributed by atoms with E-state index in [1.807, 2.05) is 20.9 Å². The summed E-state index contributed by atoms with van der Waals surface area (Å²) in [5, 5.41) is 3.82. The molecule has 0 heterocycles. The molecule has 0 spiro atoms. The Bertz CT molecular complexity index is 694. The van der Waals surface area contributed by atoms with Gasteiger partial charge in [-0.25, -0.2) is 0 Å². The van der Waals surface area contributed by atoms with Crippen molar-refractivity contribution >= 4 is 25.7 Å². The summed E-state index contributed by atoms with van der Waals surface area (Å²) in [5.74, 6) is 0.824. The van der Waals surface area contributed by atoms with Gasteiger partial charge < -0.3 is 18.6 Å². The highest BCUT2D eigenvalue weighted by Crippen LogP contribution is 2.23. The molecule has 0 aromatic rings. The van der Waals surface area contributed by atoms with E-state index < -0.39 is 8.80 Å². The Hall–Kier alpha value is 0.0769. The minimum Gasteiger partial charge on any atom is -0.374 e. The first-order valence-corrected chi connectivity index (χ1v) is 25.7. The van der Waals surface area contributed by atoms with Crippen molar-refractivity contribution in [1.82, 2.24) is 5.32 Å². The van der Waals surface area contributed by atoms with E-state index in [2.05, 4.69) is 19.2 Å². The van der Waals surface area contributed by atoms with Crippen molar-refractivity contribution in [2.24, 2.45) is 0 Å². The molecule has 0 saturated heterocycles. The van der Waals surface area contributed by atoms with Gasteiger partial charge in [-0.2, -0.15) is 0 Å². The van der Waals surface area contributed by atoms with Gasteiger partial charge in [0.05, 0.1) is 6.61 Å². The molecule has 0 aliphatic carbocycles. The number of nitrogens with one attached hydrogen (secondary N) is 1. The number of hydrogen-bond donors (Lipinski definition) is 1. The number of carbonyl (C=O) groups excluding carboxylic acids is 1. The van der Waals surface area contributed by atoms with Gasteiger partial charge in [-0.15, -0.1) is 0 Å². The SMILES string of the molecule is CCCCCCCCCCCCCCCCCCC(CO[Si](CCCSC(=O)CCCCCCCCCCCCCCC)(OCC)OCC)NC. The van der Waals surface area contributed by atoms with Crippen LogP contribution >= 0.6 is 11.8 Å². The molecule has 0 fully saturated rings. The monoisotopic (exact) mass is 758 g/mol. The van der Waals surface area contributed by atoms with E-state index >= 15 is 0 Å². The van der Waals surface area contributed by atoms with Crippen LogP contribution < -0.4 is 5.32 Å². The Morgan fingerprint density at radius 1 is 0.510 bits per heavy atom. The van der Waals surface area contributed by atoms with Gasteiger partial charge in [-0.3, -0.25) is 4.79 Å². The molecule has 0 aromatic carbocycles. The first-order valence-electron chi connectivity index (χ1n) is 22.8. The third-order valence-corrected chi connectivity index (χ3v) is 14.5. The minimum atomic E-state index is -2.76. The van der Waals surface area contributed by atoms with Crippen molar-refractivity contribution in [1.29, 1.82) is 0 Å². The molecule has 0 aromatic heterocycles. The fourth-order valence-electron chi connectivity index (χ4n) is 7.09. The molecule has 0 amide bonds. The van der Waals surface area contributed by atoms with Crippen molar-refractivity contribution < 1.29 is 18.1 Å². The Balaban J connectivity index is 4.00. The van der Waals surface area contributed by atoms with Crippen molar-refractivity contribution in [3.05, 3.63) is 0 Å². The van der Waals surface area contributed by atoms with Crippen LogP contribution in [0.25, 0.3) is 0 Å². The number of carbonyl (C=O) groups is 1. The summed E-state index contributed by atoms with van der Waals surface area (Å²) in [7, 11) is -0.717. The molecular weight excluding hydrogens is 667 g/mol. The summed E-state index contributed by atoms with van der Waals surface area (Å²) < 4.78 is 19.0. The molecule has 1 N–H and O–H groups in total. The zero-order valence-electron chi connectivity index (χ0n) is 35.3. The van der Waals surface area contributed by atoms with Crippen molar-refractivity contribution in [3.8, 4) is 0 Å². The maximum Gasteiger partial charge on any atom is 0.501 e. The van der Waals surface area contributed by atoms with Gasteiger partial charge in [0.15, 0.2) is 5.12 Å². The van der Waals surface area contributed by atoms with Gasteiger partial charge in [-0.1, -0.05) is 205 Å². The van der Waals surface area contributed by atoms with Gasteiger partial charge in [0.2, 0.25) is 0 Å². The summed E-state index contributed by atoms with van der Waals surface area (Å²) in [6, 6.07) is 1.10. The third kappa shape index (κ3) is 35.5. The Kier molecular flexibility index (Phi) is 41.3. The van der Waals surface area contributed by atoms with Crippen LogP contribution in [0.4, 0.5) is 0 Å². The molecular formula is C44H91NO4SSi. The quantitative estimate of drug-likeness (QED) is 0.0494. The van der Waals surface area contributed by atoms with Crippen LogP contribution in [0.1, 0.15) is 233 Å². The van der Waals surface area contributed by atoms with Crippen LogP contribution in [0.15, 0.2) is 0 Å². The maximum absolute atomic E-state index is 12.5. The summed E-state index contributed by atoms with van der Waals surface area (Å²) >= 11 is 1.50. The third-order valence-electron chi connectivity index (χ3n) is 10.4. The van der Waals surface area contributed by atoms with Crippen LogP contribution in [-0.4, -0.2) is 52.6 Å². The average molecular weight is 758 g/mol. The highest BCUT2D eigenvalue weighted by Gasteiger charge is 2.40. The maximum atomic E-state index is 12.5. The molecule has 51 heavy (non-hydrogen) atoms. The molecule has 0 rings (SSSR count). The average Bonchev–Trinajstić information content (AvgIpc) is 3.13. The fraction of sp³-hybridized carbons (Fsp3) is 0.977. The smallest absolute Gasteiger partial charge is 0.374 e. The van der Waals surface area contributed by atoms with Crippen molar-refractivity contribution in [2.45, 2.75) is 245 Å². The molecule has 0 aliphatic rings. The normalized spacial score (nSPS) is 12.6. The lowest BCUT2D eigenvalue weighted by atomic mass is 10.0. The van der Waals surface area contributed by atoms with Crippen molar-refractivity contribution in [3.63, 3.8) is 0 Å². The standard InChI is InChI=1S/C44H91NO4SSi/c1-6-10-12-14-16-18-20-22-23-24-26-27-29-31-33-35-38-43(45-5)42-49-51(47-8-3,48-9-4)41-37-40-50-44(46)39-36-34-32-30-28-25-21-19-17-15-13-11-7-2/h43,45H,6-42H2,1-5H3. The fourth-order valence-corrected chi connectivity index (χ4v) is 10.8. The molecule has 1 unspecified atom stereocenters. The number of likely N-dealkylation sites (N-methyl/N-ethyl adjacent to an activating group) is 1. The van der Waals surface area contributed by atoms with Gasteiger partial charge in [0, 0.05) is 37.5 Å². The minimum absolute atomic E-state index is 0.320. The first-order chi connectivity index (χ1) is 25.1. The van der Waals surface area contributed by atoms with Gasteiger partial charge in [0.25, 0.3) is 0 Å². The lowest BCUT2D eigenvalue weighted by Crippen LogP contribution is -2.48. The second kappa shape index (κ2) is 41.2. The second-order valence-electron chi connectivity index (χ2n) is 15.3.